The van der Waals surface area contributed by atoms with Crippen molar-refractivity contribution in [1.29, 1.82) is 0 Å². The van der Waals surface area contributed by atoms with Crippen LogP contribution in [0.25, 0.3) is 0 Å². The Bertz CT molecular complexity index is 321. The van der Waals surface area contributed by atoms with Crippen molar-refractivity contribution in [2.45, 2.75) is 57.4 Å². The lowest BCUT2D eigenvalue weighted by atomic mass is 9.86. The van der Waals surface area contributed by atoms with E-state index >= 15 is 0 Å². The van der Waals surface area contributed by atoms with Crippen molar-refractivity contribution in [2.75, 3.05) is 0 Å². The van der Waals surface area contributed by atoms with E-state index in [9.17, 15) is 0 Å². The van der Waals surface area contributed by atoms with Crippen LogP contribution in [-0.2, 0) is 13.0 Å². The second-order valence-electron chi connectivity index (χ2n) is 4.80. The van der Waals surface area contributed by atoms with Gasteiger partial charge in [-0.3, -0.25) is 0 Å². The maximum Gasteiger partial charge on any atom is 0.108 e. The third kappa shape index (κ3) is 2.79. The normalized spacial score (nSPS) is 25.9. The number of hydrogen-bond donors (Lipinski definition) is 0. The Hall–Kier alpha value is -0.500. The molecule has 0 aliphatic heterocycles. The zero-order valence-corrected chi connectivity index (χ0v) is 10.8. The number of hydrogen-bond acceptors (Lipinski definition) is 1. The van der Waals surface area contributed by atoms with Gasteiger partial charge in [0, 0.05) is 30.7 Å². The molecular weight excluding hydrogens is 220 g/mol. The van der Waals surface area contributed by atoms with E-state index in [1.54, 1.807) is 0 Å². The molecule has 2 unspecified atom stereocenters. The van der Waals surface area contributed by atoms with E-state index in [1.165, 1.54) is 37.9 Å². The number of rotatable bonds is 4. The van der Waals surface area contributed by atoms with Gasteiger partial charge in [0.1, 0.15) is 5.82 Å². The van der Waals surface area contributed by atoms with Gasteiger partial charge in [-0.05, 0) is 25.2 Å². The van der Waals surface area contributed by atoms with Crippen LogP contribution in [0.4, 0.5) is 0 Å². The van der Waals surface area contributed by atoms with Gasteiger partial charge in [0.15, 0.2) is 0 Å². The summed E-state index contributed by atoms with van der Waals surface area (Å²) in [5, 5.41) is 0.362. The Labute approximate surface area is 103 Å². The SMILES string of the molecule is CCCn1ccnc1CC1CCCCC1Cl. The van der Waals surface area contributed by atoms with Crippen LogP contribution in [-0.4, -0.2) is 14.9 Å². The quantitative estimate of drug-likeness (QED) is 0.735. The largest absolute Gasteiger partial charge is 0.335 e. The van der Waals surface area contributed by atoms with Gasteiger partial charge in [0.25, 0.3) is 0 Å². The van der Waals surface area contributed by atoms with E-state index in [2.05, 4.69) is 22.7 Å². The molecule has 1 aromatic heterocycles. The lowest BCUT2D eigenvalue weighted by molar-refractivity contribution is 0.354. The average molecular weight is 241 g/mol. The summed E-state index contributed by atoms with van der Waals surface area (Å²) in [6, 6.07) is 0. The summed E-state index contributed by atoms with van der Waals surface area (Å²) < 4.78 is 2.28. The van der Waals surface area contributed by atoms with Gasteiger partial charge in [-0.1, -0.05) is 19.8 Å². The molecule has 1 fully saturated rings. The molecule has 2 rings (SSSR count). The smallest absolute Gasteiger partial charge is 0.108 e. The zero-order valence-electron chi connectivity index (χ0n) is 10.0. The Balaban J connectivity index is 1.99. The van der Waals surface area contributed by atoms with Gasteiger partial charge in [-0.25, -0.2) is 4.98 Å². The minimum atomic E-state index is 0.362. The molecule has 16 heavy (non-hydrogen) atoms. The van der Waals surface area contributed by atoms with E-state index in [0.29, 0.717) is 11.3 Å². The fraction of sp³-hybridized carbons (Fsp3) is 0.769. The predicted octanol–water partition coefficient (Wildman–Crippen LogP) is 3.63. The summed E-state index contributed by atoms with van der Waals surface area (Å²) >= 11 is 6.39. The summed E-state index contributed by atoms with van der Waals surface area (Å²) in [4.78, 5) is 4.47. The summed E-state index contributed by atoms with van der Waals surface area (Å²) in [6.45, 7) is 3.28. The van der Waals surface area contributed by atoms with Crippen LogP contribution in [0.2, 0.25) is 0 Å². The highest BCUT2D eigenvalue weighted by Gasteiger charge is 2.24. The maximum absolute atomic E-state index is 6.39. The van der Waals surface area contributed by atoms with Crippen molar-refractivity contribution in [3.63, 3.8) is 0 Å². The van der Waals surface area contributed by atoms with Crippen molar-refractivity contribution < 1.29 is 0 Å². The second-order valence-corrected chi connectivity index (χ2v) is 5.36. The van der Waals surface area contributed by atoms with Crippen molar-refractivity contribution in [3.05, 3.63) is 18.2 Å². The van der Waals surface area contributed by atoms with Crippen LogP contribution in [0.15, 0.2) is 12.4 Å². The first kappa shape index (κ1) is 12.0. The maximum atomic E-state index is 6.39. The van der Waals surface area contributed by atoms with Gasteiger partial charge in [-0.15, -0.1) is 11.6 Å². The molecule has 1 heterocycles. The highest BCUT2D eigenvalue weighted by atomic mass is 35.5. The molecule has 1 aliphatic rings. The Kier molecular flexibility index (Phi) is 4.28. The fourth-order valence-corrected chi connectivity index (χ4v) is 2.97. The Morgan fingerprint density at radius 2 is 2.25 bits per heavy atom. The standard InChI is InChI=1S/C13H21ClN2/c1-2-8-16-9-7-15-13(16)10-11-5-3-4-6-12(11)14/h7,9,11-12H,2-6,8,10H2,1H3. The third-order valence-corrected chi connectivity index (χ3v) is 4.10. The summed E-state index contributed by atoms with van der Waals surface area (Å²) in [6.07, 6.45) is 11.3. The molecule has 90 valence electrons. The minimum absolute atomic E-state index is 0.362. The molecule has 1 aromatic rings. The average Bonchev–Trinajstić information content (AvgIpc) is 2.70. The number of aryl methyl sites for hydroxylation is 1. The van der Waals surface area contributed by atoms with Crippen molar-refractivity contribution in [3.8, 4) is 0 Å². The molecule has 2 atom stereocenters. The number of aromatic nitrogens is 2. The third-order valence-electron chi connectivity index (χ3n) is 3.53. The van der Waals surface area contributed by atoms with E-state index in [4.69, 9.17) is 11.6 Å². The Morgan fingerprint density at radius 1 is 1.44 bits per heavy atom. The van der Waals surface area contributed by atoms with Gasteiger partial charge >= 0.3 is 0 Å². The molecule has 1 aliphatic carbocycles. The van der Waals surface area contributed by atoms with E-state index < -0.39 is 0 Å². The van der Waals surface area contributed by atoms with E-state index in [-0.39, 0.29) is 0 Å². The van der Waals surface area contributed by atoms with Crippen LogP contribution in [0.5, 0.6) is 0 Å². The molecule has 1 saturated carbocycles. The molecule has 2 nitrogen and oxygen atoms in total. The Morgan fingerprint density at radius 3 is 3.00 bits per heavy atom. The van der Waals surface area contributed by atoms with Crippen molar-refractivity contribution in [1.82, 2.24) is 9.55 Å². The summed E-state index contributed by atoms with van der Waals surface area (Å²) in [5.41, 5.74) is 0. The summed E-state index contributed by atoms with van der Waals surface area (Å²) in [7, 11) is 0. The molecular formula is C13H21ClN2. The number of nitrogens with zero attached hydrogens (tertiary/aromatic N) is 2. The van der Waals surface area contributed by atoms with Gasteiger partial charge in [0.05, 0.1) is 0 Å². The van der Waals surface area contributed by atoms with Crippen LogP contribution in [0.3, 0.4) is 0 Å². The topological polar surface area (TPSA) is 17.8 Å². The number of imidazole rings is 1. The lowest BCUT2D eigenvalue weighted by Crippen LogP contribution is -2.23. The zero-order chi connectivity index (χ0) is 11.4. The predicted molar refractivity (Wildman–Crippen MR) is 67.8 cm³/mol. The molecule has 0 saturated heterocycles. The van der Waals surface area contributed by atoms with Crippen LogP contribution in [0.1, 0.15) is 44.9 Å². The molecule has 0 N–H and O–H groups in total. The molecule has 0 radical (unpaired) electrons. The highest BCUT2D eigenvalue weighted by molar-refractivity contribution is 6.20. The van der Waals surface area contributed by atoms with E-state index in [0.717, 1.165) is 13.0 Å². The number of alkyl halides is 1. The first-order valence-corrected chi connectivity index (χ1v) is 6.89. The fourth-order valence-electron chi connectivity index (χ4n) is 2.60. The molecule has 0 amide bonds. The van der Waals surface area contributed by atoms with Crippen LogP contribution < -0.4 is 0 Å². The molecule has 0 bridgehead atoms. The number of halogens is 1. The van der Waals surface area contributed by atoms with Crippen LogP contribution in [0, 0.1) is 5.92 Å². The molecule has 0 aromatic carbocycles. The van der Waals surface area contributed by atoms with Crippen molar-refractivity contribution in [2.24, 2.45) is 5.92 Å². The second kappa shape index (κ2) is 5.72. The van der Waals surface area contributed by atoms with Crippen LogP contribution >= 0.6 is 11.6 Å². The van der Waals surface area contributed by atoms with Gasteiger partial charge in [0.2, 0.25) is 0 Å². The van der Waals surface area contributed by atoms with Crippen molar-refractivity contribution >= 4 is 11.6 Å². The highest BCUT2D eigenvalue weighted by Crippen LogP contribution is 2.30. The van der Waals surface area contributed by atoms with E-state index in [1.807, 2.05) is 6.20 Å². The first-order chi connectivity index (χ1) is 7.81. The van der Waals surface area contributed by atoms with Gasteiger partial charge in [-0.2, -0.15) is 0 Å². The minimum Gasteiger partial charge on any atom is -0.335 e. The summed E-state index contributed by atoms with van der Waals surface area (Å²) in [5.74, 6) is 1.85. The molecule has 0 spiro atoms. The van der Waals surface area contributed by atoms with Gasteiger partial charge < -0.3 is 4.57 Å². The molecule has 3 heteroatoms. The first-order valence-electron chi connectivity index (χ1n) is 6.45. The monoisotopic (exact) mass is 240 g/mol. The lowest BCUT2D eigenvalue weighted by Gasteiger charge is -2.26.